The largest absolute Gasteiger partial charge is 0.493 e. The Bertz CT molecular complexity index is 1260. The average Bonchev–Trinajstić information content (AvgIpc) is 2.76. The first kappa shape index (κ1) is 22.7. The number of hydrogen-bond donors (Lipinski definition) is 0. The van der Waals surface area contributed by atoms with Gasteiger partial charge in [-0.3, -0.25) is 0 Å². The van der Waals surface area contributed by atoms with Gasteiger partial charge in [0.2, 0.25) is 9.84 Å². The Morgan fingerprint density at radius 3 is 2.39 bits per heavy atom. The lowest BCUT2D eigenvalue weighted by atomic mass is 10.1. The number of sulfone groups is 1. The van der Waals surface area contributed by atoms with E-state index in [9.17, 15) is 13.7 Å². The van der Waals surface area contributed by atoms with E-state index in [0.717, 1.165) is 5.56 Å². The third-order valence-corrected chi connectivity index (χ3v) is 6.48. The Balaban J connectivity index is 2.01. The molecule has 0 radical (unpaired) electrons. The van der Waals surface area contributed by atoms with E-state index in [-0.39, 0.29) is 11.5 Å². The van der Waals surface area contributed by atoms with Crippen molar-refractivity contribution in [1.82, 2.24) is 0 Å². The molecule has 0 aromatic heterocycles. The van der Waals surface area contributed by atoms with Crippen molar-refractivity contribution in [2.45, 2.75) is 11.5 Å². The maximum atomic E-state index is 12.9. The third-order valence-electron chi connectivity index (χ3n) is 4.31. The highest BCUT2D eigenvalue weighted by Crippen LogP contribution is 2.34. The van der Waals surface area contributed by atoms with Gasteiger partial charge in [0, 0.05) is 15.6 Å². The minimum atomic E-state index is -4.05. The summed E-state index contributed by atoms with van der Waals surface area (Å²) < 4.78 is 37.2. The Morgan fingerprint density at radius 1 is 1.03 bits per heavy atom. The molecule has 0 aliphatic carbocycles. The fourth-order valence-electron chi connectivity index (χ4n) is 2.80. The molecule has 0 heterocycles. The molecule has 158 valence electrons. The van der Waals surface area contributed by atoms with Gasteiger partial charge in [-0.15, -0.1) is 0 Å². The lowest BCUT2D eigenvalue weighted by Gasteiger charge is -2.14. The number of halogens is 2. The van der Waals surface area contributed by atoms with E-state index >= 15 is 0 Å². The zero-order valence-electron chi connectivity index (χ0n) is 16.4. The second-order valence-electron chi connectivity index (χ2n) is 6.37. The Labute approximate surface area is 191 Å². The molecule has 3 aromatic rings. The molecular weight excluding hydrogens is 457 g/mol. The summed E-state index contributed by atoms with van der Waals surface area (Å²) in [5.41, 5.74) is 1.21. The molecule has 0 spiro atoms. The first-order valence-electron chi connectivity index (χ1n) is 9.02. The van der Waals surface area contributed by atoms with Crippen molar-refractivity contribution in [1.29, 1.82) is 5.26 Å². The van der Waals surface area contributed by atoms with Crippen LogP contribution in [0.15, 0.2) is 76.5 Å². The van der Waals surface area contributed by atoms with Crippen LogP contribution < -0.4 is 9.47 Å². The molecule has 0 amide bonds. The van der Waals surface area contributed by atoms with Crippen molar-refractivity contribution >= 4 is 39.1 Å². The zero-order chi connectivity index (χ0) is 22.4. The van der Waals surface area contributed by atoms with E-state index in [1.165, 1.54) is 37.5 Å². The van der Waals surface area contributed by atoms with E-state index in [4.69, 9.17) is 32.7 Å². The molecule has 0 saturated heterocycles. The van der Waals surface area contributed by atoms with E-state index in [2.05, 4.69) is 0 Å². The first-order chi connectivity index (χ1) is 14.8. The molecule has 0 saturated carbocycles. The lowest BCUT2D eigenvalue weighted by Crippen LogP contribution is -2.04. The van der Waals surface area contributed by atoms with Crippen LogP contribution >= 0.6 is 23.2 Å². The van der Waals surface area contributed by atoms with Crippen LogP contribution in [-0.2, 0) is 16.4 Å². The molecule has 0 aliphatic rings. The highest BCUT2D eigenvalue weighted by Gasteiger charge is 2.22. The van der Waals surface area contributed by atoms with Crippen molar-refractivity contribution in [2.75, 3.05) is 7.11 Å². The predicted octanol–water partition coefficient (Wildman–Crippen LogP) is 5.92. The van der Waals surface area contributed by atoms with Gasteiger partial charge in [0.25, 0.3) is 0 Å². The monoisotopic (exact) mass is 473 g/mol. The summed E-state index contributed by atoms with van der Waals surface area (Å²) in [6, 6.07) is 19.6. The summed E-state index contributed by atoms with van der Waals surface area (Å²) in [5.74, 6) is 0.709. The number of methoxy groups -OCH3 is 1. The van der Waals surface area contributed by atoms with Crippen molar-refractivity contribution in [3.63, 3.8) is 0 Å². The third kappa shape index (κ3) is 5.39. The Morgan fingerprint density at radius 2 is 1.74 bits per heavy atom. The van der Waals surface area contributed by atoms with Crippen molar-refractivity contribution in [3.8, 4) is 17.6 Å². The van der Waals surface area contributed by atoms with Crippen molar-refractivity contribution in [3.05, 3.63) is 92.8 Å². The number of nitrogens with zero attached hydrogens (tertiary/aromatic N) is 1. The standard InChI is InChI=1S/C23H17Cl2NO4S/c1-29-22-7-3-5-17(23(22)30-15-16-4-2-6-19(25)12-16)13-21(14-26)31(27,28)20-10-8-18(24)9-11-20/h2-13H,15H2,1H3. The van der Waals surface area contributed by atoms with Crippen LogP contribution in [0.3, 0.4) is 0 Å². The number of ether oxygens (including phenoxy) is 2. The van der Waals surface area contributed by atoms with Gasteiger partial charge in [0.1, 0.15) is 17.6 Å². The number of para-hydroxylation sites is 1. The molecule has 0 bridgehead atoms. The predicted molar refractivity (Wildman–Crippen MR) is 121 cm³/mol. The fourth-order valence-corrected chi connectivity index (χ4v) is 4.29. The summed E-state index contributed by atoms with van der Waals surface area (Å²) in [6.45, 7) is 0.174. The summed E-state index contributed by atoms with van der Waals surface area (Å²) in [5, 5.41) is 10.6. The molecule has 5 nitrogen and oxygen atoms in total. The smallest absolute Gasteiger partial charge is 0.216 e. The lowest BCUT2D eigenvalue weighted by molar-refractivity contribution is 0.284. The van der Waals surface area contributed by atoms with E-state index < -0.39 is 14.7 Å². The van der Waals surface area contributed by atoms with Crippen LogP contribution in [0.2, 0.25) is 10.0 Å². The van der Waals surface area contributed by atoms with Gasteiger partial charge in [-0.05, 0) is 54.1 Å². The molecule has 0 aliphatic heterocycles. The molecule has 3 aromatic carbocycles. The van der Waals surface area contributed by atoms with Gasteiger partial charge >= 0.3 is 0 Å². The number of hydrogen-bond acceptors (Lipinski definition) is 5. The fraction of sp³-hybridized carbons (Fsp3) is 0.0870. The Hall–Kier alpha value is -2.98. The molecule has 0 N–H and O–H groups in total. The van der Waals surface area contributed by atoms with Gasteiger partial charge in [0.15, 0.2) is 11.5 Å². The van der Waals surface area contributed by atoms with Crippen LogP contribution in [0.5, 0.6) is 11.5 Å². The molecule has 0 fully saturated rings. The maximum absolute atomic E-state index is 12.9. The number of nitriles is 1. The van der Waals surface area contributed by atoms with E-state index in [1.54, 1.807) is 42.5 Å². The van der Waals surface area contributed by atoms with Crippen molar-refractivity contribution in [2.24, 2.45) is 0 Å². The van der Waals surface area contributed by atoms with Crippen molar-refractivity contribution < 1.29 is 17.9 Å². The van der Waals surface area contributed by atoms with Gasteiger partial charge in [-0.1, -0.05) is 47.5 Å². The SMILES string of the molecule is COc1cccc(C=C(C#N)S(=O)(=O)c2ccc(Cl)cc2)c1OCc1cccc(Cl)c1. The summed E-state index contributed by atoms with van der Waals surface area (Å²) in [7, 11) is -2.57. The maximum Gasteiger partial charge on any atom is 0.216 e. The minimum Gasteiger partial charge on any atom is -0.493 e. The molecule has 0 unspecified atom stereocenters. The van der Waals surface area contributed by atoms with Crippen LogP contribution in [-0.4, -0.2) is 15.5 Å². The topological polar surface area (TPSA) is 76.4 Å². The molecular formula is C23H17Cl2NO4S. The van der Waals surface area contributed by atoms with Crippen LogP contribution in [0.25, 0.3) is 6.08 Å². The Kier molecular flexibility index (Phi) is 7.24. The van der Waals surface area contributed by atoms with Crippen LogP contribution in [0.4, 0.5) is 0 Å². The second-order valence-corrected chi connectivity index (χ2v) is 9.17. The summed E-state index contributed by atoms with van der Waals surface area (Å²) >= 11 is 11.9. The highest BCUT2D eigenvalue weighted by atomic mass is 35.5. The zero-order valence-corrected chi connectivity index (χ0v) is 18.7. The van der Waals surface area contributed by atoms with Gasteiger partial charge in [-0.2, -0.15) is 5.26 Å². The van der Waals surface area contributed by atoms with E-state index in [0.29, 0.717) is 27.1 Å². The first-order valence-corrected chi connectivity index (χ1v) is 11.3. The minimum absolute atomic E-state index is 0.0333. The van der Waals surface area contributed by atoms with Gasteiger partial charge in [0.05, 0.1) is 12.0 Å². The van der Waals surface area contributed by atoms with Gasteiger partial charge in [-0.25, -0.2) is 8.42 Å². The second kappa shape index (κ2) is 9.88. The highest BCUT2D eigenvalue weighted by molar-refractivity contribution is 7.95. The summed E-state index contributed by atoms with van der Waals surface area (Å²) in [6.07, 6.45) is 1.26. The number of allylic oxidation sites excluding steroid dienone is 1. The van der Waals surface area contributed by atoms with E-state index in [1.807, 2.05) is 6.07 Å². The van der Waals surface area contributed by atoms with Crippen LogP contribution in [0, 0.1) is 11.3 Å². The van der Waals surface area contributed by atoms with Gasteiger partial charge < -0.3 is 9.47 Å². The molecule has 0 atom stereocenters. The average molecular weight is 474 g/mol. The summed E-state index contributed by atoms with van der Waals surface area (Å²) in [4.78, 5) is -0.468. The normalized spacial score (nSPS) is 11.6. The number of rotatable bonds is 7. The number of benzene rings is 3. The van der Waals surface area contributed by atoms with Crippen LogP contribution in [0.1, 0.15) is 11.1 Å². The quantitative estimate of drug-likeness (QED) is 0.398. The molecule has 31 heavy (non-hydrogen) atoms. The molecule has 8 heteroatoms. The molecule has 3 rings (SSSR count).